The number of carbonyl (C=O) groups excluding carboxylic acids is 1. The fourth-order valence-electron chi connectivity index (χ4n) is 4.15. The Labute approximate surface area is 154 Å². The van der Waals surface area contributed by atoms with E-state index in [0.29, 0.717) is 23.2 Å². The van der Waals surface area contributed by atoms with Crippen LogP contribution in [-0.2, 0) is 4.79 Å². The highest BCUT2D eigenvalue weighted by atomic mass is 16.5. The highest BCUT2D eigenvalue weighted by Crippen LogP contribution is 2.32. The van der Waals surface area contributed by atoms with E-state index in [4.69, 9.17) is 4.74 Å². The summed E-state index contributed by atoms with van der Waals surface area (Å²) < 4.78 is 5.91. The topological polar surface area (TPSA) is 54.5 Å². The molecule has 136 valence electrons. The Hall–Kier alpha value is -2.40. The zero-order valence-corrected chi connectivity index (χ0v) is 14.9. The molecule has 1 aliphatic heterocycles. The van der Waals surface area contributed by atoms with E-state index in [1.807, 2.05) is 36.4 Å². The fourth-order valence-corrected chi connectivity index (χ4v) is 4.15. The monoisotopic (exact) mass is 351 g/mol. The Morgan fingerprint density at radius 3 is 2.73 bits per heavy atom. The van der Waals surface area contributed by atoms with Crippen LogP contribution in [-0.4, -0.2) is 34.4 Å². The van der Waals surface area contributed by atoms with Gasteiger partial charge in [-0.25, -0.2) is 0 Å². The first kappa shape index (κ1) is 17.0. The largest absolute Gasteiger partial charge is 0.454 e. The first-order valence-electron chi connectivity index (χ1n) is 9.55. The van der Waals surface area contributed by atoms with E-state index in [9.17, 15) is 4.79 Å². The second-order valence-corrected chi connectivity index (χ2v) is 7.11. The van der Waals surface area contributed by atoms with Gasteiger partial charge in [0.1, 0.15) is 5.75 Å². The number of benzene rings is 1. The van der Waals surface area contributed by atoms with Crippen LogP contribution in [0.3, 0.4) is 0 Å². The number of para-hydroxylation sites is 2. The third kappa shape index (κ3) is 3.73. The molecule has 1 saturated heterocycles. The summed E-state index contributed by atoms with van der Waals surface area (Å²) in [6.45, 7) is 1.04. The molecule has 4 rings (SSSR count). The van der Waals surface area contributed by atoms with Crippen molar-refractivity contribution >= 4 is 11.6 Å². The molecule has 2 heterocycles. The van der Waals surface area contributed by atoms with Crippen molar-refractivity contribution in [2.75, 3.05) is 11.9 Å². The third-order valence-electron chi connectivity index (χ3n) is 5.40. The van der Waals surface area contributed by atoms with Crippen molar-refractivity contribution in [3.63, 3.8) is 0 Å². The van der Waals surface area contributed by atoms with Crippen LogP contribution in [0.1, 0.15) is 38.5 Å². The van der Waals surface area contributed by atoms with Crippen LogP contribution in [0.2, 0.25) is 0 Å². The van der Waals surface area contributed by atoms with E-state index in [1.165, 1.54) is 25.7 Å². The number of aromatic nitrogens is 1. The van der Waals surface area contributed by atoms with Gasteiger partial charge in [-0.05, 0) is 56.5 Å². The van der Waals surface area contributed by atoms with Crippen LogP contribution in [0.15, 0.2) is 48.8 Å². The van der Waals surface area contributed by atoms with E-state index in [0.717, 1.165) is 19.4 Å². The van der Waals surface area contributed by atoms with Gasteiger partial charge >= 0.3 is 0 Å². The van der Waals surface area contributed by atoms with E-state index in [1.54, 1.807) is 12.4 Å². The molecule has 1 aromatic carbocycles. The number of anilines is 1. The Balaban J connectivity index is 1.47. The molecule has 0 radical (unpaired) electrons. The van der Waals surface area contributed by atoms with Crippen molar-refractivity contribution < 1.29 is 9.53 Å². The second-order valence-electron chi connectivity index (χ2n) is 7.11. The molecule has 0 unspecified atom stereocenters. The quantitative estimate of drug-likeness (QED) is 0.876. The molecule has 26 heavy (non-hydrogen) atoms. The van der Waals surface area contributed by atoms with Gasteiger partial charge in [-0.2, -0.15) is 0 Å². The predicted octanol–water partition coefficient (Wildman–Crippen LogP) is 4.22. The Kier molecular flexibility index (Phi) is 5.16. The molecule has 1 N–H and O–H groups in total. The molecule has 2 aliphatic rings. The highest BCUT2D eigenvalue weighted by molar-refractivity contribution is 5.96. The maximum absolute atomic E-state index is 13.0. The number of hydrogen-bond donors (Lipinski definition) is 1. The van der Waals surface area contributed by atoms with Gasteiger partial charge in [0, 0.05) is 12.2 Å². The minimum Gasteiger partial charge on any atom is -0.454 e. The lowest BCUT2D eigenvalue weighted by molar-refractivity contribution is -0.121. The van der Waals surface area contributed by atoms with Crippen molar-refractivity contribution in [1.82, 2.24) is 9.88 Å². The second kappa shape index (κ2) is 7.87. The number of nitrogens with zero attached hydrogens (tertiary/aromatic N) is 2. The van der Waals surface area contributed by atoms with Crippen molar-refractivity contribution in [3.05, 3.63) is 48.8 Å². The number of hydrogen-bond acceptors (Lipinski definition) is 4. The molecule has 5 nitrogen and oxygen atoms in total. The molecule has 0 bridgehead atoms. The minimum atomic E-state index is -0.0236. The molecule has 1 amide bonds. The molecule has 5 heteroatoms. The SMILES string of the molecule is O=C(Nc1ccccc1Oc1cccnc1)[C@@H]1CCCN1C1CCCC1. The molecule has 1 atom stereocenters. The average Bonchev–Trinajstić information content (AvgIpc) is 3.35. The van der Waals surface area contributed by atoms with Gasteiger partial charge in [0.2, 0.25) is 5.91 Å². The van der Waals surface area contributed by atoms with Crippen LogP contribution in [0.5, 0.6) is 11.5 Å². The molecule has 1 aromatic heterocycles. The molecule has 1 aliphatic carbocycles. The lowest BCUT2D eigenvalue weighted by atomic mass is 10.1. The van der Waals surface area contributed by atoms with E-state index >= 15 is 0 Å². The Bertz CT molecular complexity index is 744. The Morgan fingerprint density at radius 2 is 1.92 bits per heavy atom. The van der Waals surface area contributed by atoms with Crippen molar-refractivity contribution in [2.24, 2.45) is 0 Å². The average molecular weight is 351 g/mol. The summed E-state index contributed by atoms with van der Waals surface area (Å²) in [6.07, 6.45) is 10.4. The molecule has 0 spiro atoms. The Morgan fingerprint density at radius 1 is 1.08 bits per heavy atom. The lowest BCUT2D eigenvalue weighted by Crippen LogP contribution is -2.44. The van der Waals surface area contributed by atoms with Crippen LogP contribution in [0.4, 0.5) is 5.69 Å². The summed E-state index contributed by atoms with van der Waals surface area (Å²) in [5.74, 6) is 1.37. The van der Waals surface area contributed by atoms with Gasteiger partial charge in [0.05, 0.1) is 17.9 Å². The maximum Gasteiger partial charge on any atom is 0.241 e. The minimum absolute atomic E-state index is 0.0236. The molecule has 1 saturated carbocycles. The first-order valence-corrected chi connectivity index (χ1v) is 9.55. The molecule has 2 aromatic rings. The van der Waals surface area contributed by atoms with E-state index in [-0.39, 0.29) is 11.9 Å². The number of pyridine rings is 1. The predicted molar refractivity (Wildman–Crippen MR) is 101 cm³/mol. The molecular formula is C21H25N3O2. The number of amides is 1. The summed E-state index contributed by atoms with van der Waals surface area (Å²) in [4.78, 5) is 19.5. The van der Waals surface area contributed by atoms with Gasteiger partial charge < -0.3 is 10.1 Å². The van der Waals surface area contributed by atoms with Gasteiger partial charge in [-0.3, -0.25) is 14.7 Å². The smallest absolute Gasteiger partial charge is 0.241 e. The van der Waals surface area contributed by atoms with E-state index < -0.39 is 0 Å². The van der Waals surface area contributed by atoms with Crippen molar-refractivity contribution in [3.8, 4) is 11.5 Å². The number of rotatable bonds is 5. The molecule has 2 fully saturated rings. The van der Waals surface area contributed by atoms with Crippen molar-refractivity contribution in [2.45, 2.75) is 50.6 Å². The highest BCUT2D eigenvalue weighted by Gasteiger charge is 2.36. The zero-order chi connectivity index (χ0) is 17.8. The maximum atomic E-state index is 13.0. The van der Waals surface area contributed by atoms with Crippen molar-refractivity contribution in [1.29, 1.82) is 0 Å². The fraction of sp³-hybridized carbons (Fsp3) is 0.429. The van der Waals surface area contributed by atoms with Gasteiger partial charge in [-0.15, -0.1) is 0 Å². The van der Waals surface area contributed by atoms with Crippen LogP contribution < -0.4 is 10.1 Å². The van der Waals surface area contributed by atoms with Crippen LogP contribution >= 0.6 is 0 Å². The van der Waals surface area contributed by atoms with Gasteiger partial charge in [-0.1, -0.05) is 25.0 Å². The number of ether oxygens (including phenoxy) is 1. The third-order valence-corrected chi connectivity index (χ3v) is 5.40. The lowest BCUT2D eigenvalue weighted by Gasteiger charge is -2.29. The zero-order valence-electron chi connectivity index (χ0n) is 14.9. The first-order chi connectivity index (χ1) is 12.8. The molecular weight excluding hydrogens is 326 g/mol. The number of carbonyl (C=O) groups is 1. The normalized spacial score (nSPS) is 21.0. The summed E-state index contributed by atoms with van der Waals surface area (Å²) >= 11 is 0. The number of nitrogens with one attached hydrogen (secondary N) is 1. The summed E-state index contributed by atoms with van der Waals surface area (Å²) in [5, 5.41) is 3.10. The van der Waals surface area contributed by atoms with E-state index in [2.05, 4.69) is 15.2 Å². The van der Waals surface area contributed by atoms with Crippen LogP contribution in [0, 0.1) is 0 Å². The van der Waals surface area contributed by atoms with Gasteiger partial charge in [0.15, 0.2) is 5.75 Å². The summed E-state index contributed by atoms with van der Waals surface area (Å²) in [7, 11) is 0. The standard InChI is InChI=1S/C21H25N3O2/c25-21(19-11-6-14-24(19)16-7-1-2-8-16)23-18-10-3-4-12-20(18)26-17-9-5-13-22-15-17/h3-5,9-10,12-13,15-16,19H,1-2,6-8,11,14H2,(H,23,25)/t19-/m0/s1. The summed E-state index contributed by atoms with van der Waals surface area (Å²) in [6, 6.07) is 11.8. The van der Waals surface area contributed by atoms with Gasteiger partial charge in [0.25, 0.3) is 0 Å². The number of likely N-dealkylation sites (tertiary alicyclic amines) is 1. The van der Waals surface area contributed by atoms with Crippen LogP contribution in [0.25, 0.3) is 0 Å². The summed E-state index contributed by atoms with van der Waals surface area (Å²) in [5.41, 5.74) is 0.708.